The summed E-state index contributed by atoms with van der Waals surface area (Å²) in [6.45, 7) is 24.7. The summed E-state index contributed by atoms with van der Waals surface area (Å²) < 4.78 is 157. The van der Waals surface area contributed by atoms with Gasteiger partial charge in [0.15, 0.2) is 0 Å². The highest BCUT2D eigenvalue weighted by Gasteiger charge is 2.32. The second-order valence-electron chi connectivity index (χ2n) is 19.9. The summed E-state index contributed by atoms with van der Waals surface area (Å²) in [6.07, 6.45) is 14.5. The van der Waals surface area contributed by atoms with Crippen LogP contribution in [0.5, 0.6) is 5.75 Å². The number of ether oxygens (including phenoxy) is 23. The number of allylic oxidation sites excluding steroid dienone is 1. The predicted octanol–water partition coefficient (Wildman–Crippen LogP) is 5.34. The molecule has 0 saturated carbocycles. The summed E-state index contributed by atoms with van der Waals surface area (Å²) in [5, 5.41) is 0. The second kappa shape index (κ2) is 75.6. The van der Waals surface area contributed by atoms with Crippen molar-refractivity contribution in [2.75, 3.05) is 304 Å². The summed E-state index contributed by atoms with van der Waals surface area (Å²) in [7, 11) is -4.16. The molecule has 1 atom stereocenters. The van der Waals surface area contributed by atoms with Crippen LogP contribution in [0.25, 0.3) is 6.08 Å². The van der Waals surface area contributed by atoms with Gasteiger partial charge < -0.3 is 109 Å². The van der Waals surface area contributed by atoms with E-state index in [2.05, 4.69) is 51.6 Å². The molecule has 549 valence electrons. The lowest BCUT2D eigenvalue weighted by Gasteiger charge is -2.12. The highest BCUT2D eigenvalue weighted by Crippen LogP contribution is 2.23. The van der Waals surface area contributed by atoms with Crippen LogP contribution in [-0.2, 0) is 139 Å². The van der Waals surface area contributed by atoms with E-state index < -0.39 is 10.8 Å². The van der Waals surface area contributed by atoms with E-state index in [4.69, 9.17) is 109 Å². The van der Waals surface area contributed by atoms with Gasteiger partial charge in [-0.2, -0.15) is 5.90 Å². The molecular formula is C64H121NO27S+. The monoisotopic (exact) mass is 1370 g/mol. The van der Waals surface area contributed by atoms with Gasteiger partial charge in [0.05, 0.1) is 291 Å². The van der Waals surface area contributed by atoms with Crippen molar-refractivity contribution in [1.29, 1.82) is 0 Å². The number of nitrogens with two attached hydrogens (primary N) is 1. The first-order valence-electron chi connectivity index (χ1n) is 33.4. The molecular weight excluding hydrogens is 1250 g/mol. The Bertz CT molecular complexity index is 1700. The number of unbranched alkanes of at least 4 members (excludes halogenated alkanes) is 6. The van der Waals surface area contributed by atoms with E-state index in [1.54, 1.807) is 0 Å². The molecule has 0 aliphatic heterocycles. The molecule has 0 spiro atoms. The fourth-order valence-corrected chi connectivity index (χ4v) is 7.96. The van der Waals surface area contributed by atoms with Gasteiger partial charge >= 0.3 is 10.8 Å². The van der Waals surface area contributed by atoms with Gasteiger partial charge in [-0.15, -0.1) is 4.18 Å². The maximum atomic E-state index is 10.9. The molecule has 0 aromatic heterocycles. The number of aryl methyl sites for hydroxylation is 1. The zero-order valence-electron chi connectivity index (χ0n) is 56.6. The summed E-state index contributed by atoms with van der Waals surface area (Å²) in [4.78, 5) is 0. The van der Waals surface area contributed by atoms with Crippen LogP contribution in [0.2, 0.25) is 0 Å². The number of benzene rings is 1. The third kappa shape index (κ3) is 69.6. The van der Waals surface area contributed by atoms with Crippen molar-refractivity contribution in [3.05, 3.63) is 35.4 Å². The first kappa shape index (κ1) is 88.9. The van der Waals surface area contributed by atoms with Gasteiger partial charge in [0.1, 0.15) is 23.5 Å². The van der Waals surface area contributed by atoms with Gasteiger partial charge in [-0.3, -0.25) is 0 Å². The lowest BCUT2D eigenvalue weighted by Crippen LogP contribution is -2.22. The van der Waals surface area contributed by atoms with Gasteiger partial charge in [0, 0.05) is 9.77 Å². The maximum absolute atomic E-state index is 10.9. The minimum Gasteiger partial charge on any atom is -0.491 e. The van der Waals surface area contributed by atoms with E-state index in [9.17, 15) is 8.76 Å². The van der Waals surface area contributed by atoms with Crippen molar-refractivity contribution in [2.45, 2.75) is 65.2 Å². The van der Waals surface area contributed by atoms with Gasteiger partial charge in [-0.05, 0) is 41.7 Å². The molecule has 1 aromatic carbocycles. The van der Waals surface area contributed by atoms with Crippen LogP contribution in [0.3, 0.4) is 0 Å². The first-order chi connectivity index (χ1) is 46.0. The average Bonchev–Trinajstić information content (AvgIpc) is 2.03. The molecule has 1 unspecified atom stereocenters. The Hall–Kier alpha value is -2.13. The van der Waals surface area contributed by atoms with Gasteiger partial charge in [-0.25, -0.2) is 0 Å². The first-order valence-corrected chi connectivity index (χ1v) is 34.7. The molecule has 0 amide bonds. The molecule has 0 fully saturated rings. The normalized spacial score (nSPS) is 12.5. The third-order valence-corrected chi connectivity index (χ3v) is 13.1. The molecule has 0 aliphatic rings. The SMILES string of the molecule is C/C=C/c1cc(CCCCCCCCC)ccc1OCCOCCOCCOCCOCCOCCOCCOCCOCCOCCOCCOCCOCCOCCOCCOCCOCCOCCOCCOCCOCCOCCOCCO[S+]([O])(=O)ON. The van der Waals surface area contributed by atoms with Crippen molar-refractivity contribution in [3.8, 4) is 5.75 Å². The van der Waals surface area contributed by atoms with Crippen molar-refractivity contribution < 1.29 is 126 Å². The highest BCUT2D eigenvalue weighted by molar-refractivity contribution is 7.88. The molecule has 28 nitrogen and oxygen atoms in total. The maximum Gasteiger partial charge on any atom is 0.564 e. The molecule has 1 aromatic rings. The van der Waals surface area contributed by atoms with Crippen LogP contribution in [0.15, 0.2) is 24.3 Å². The number of hydrogen-bond donors (Lipinski definition) is 1. The molecule has 93 heavy (non-hydrogen) atoms. The Labute approximate surface area is 557 Å². The second-order valence-corrected chi connectivity index (χ2v) is 21.1. The standard InChI is InChI=1S/C64H121NO27S/c1-3-5-6-7-8-9-10-12-62-13-14-64(63(61-62)11-4-2)90-59-57-88-55-53-86-51-49-84-47-45-82-43-41-80-39-37-78-35-33-76-31-29-74-27-25-72-23-21-70-19-17-68-15-16-69-18-20-71-22-24-73-26-28-75-30-32-77-34-36-79-38-40-81-42-44-83-46-48-85-50-52-87-54-56-89-58-60-91-93(66,67)92-65/h4,11,13-14,61H,3,5-10,12,15-60,65H2,1-2H3/q+1/b11-4+. The van der Waals surface area contributed by atoms with Crippen LogP contribution in [0, 0.1) is 0 Å². The molecule has 0 aliphatic carbocycles. The Morgan fingerprint density at radius 1 is 0.323 bits per heavy atom. The average molecular weight is 1370 g/mol. The lowest BCUT2D eigenvalue weighted by atomic mass is 10.0. The molecule has 1 radical (unpaired) electrons. The van der Waals surface area contributed by atoms with Gasteiger partial charge in [-0.1, -0.05) is 63.7 Å². The molecule has 1 rings (SSSR count). The molecule has 0 saturated heterocycles. The predicted molar refractivity (Wildman–Crippen MR) is 346 cm³/mol. The van der Waals surface area contributed by atoms with E-state index in [1.807, 2.05) is 6.92 Å². The minimum atomic E-state index is -4.16. The Morgan fingerprint density at radius 3 is 0.785 bits per heavy atom. The van der Waals surface area contributed by atoms with E-state index in [0.29, 0.717) is 284 Å². The molecule has 0 heterocycles. The zero-order valence-corrected chi connectivity index (χ0v) is 57.4. The summed E-state index contributed by atoms with van der Waals surface area (Å²) in [5.41, 5.74) is 2.49. The van der Waals surface area contributed by atoms with E-state index in [0.717, 1.165) is 17.7 Å². The fourth-order valence-electron chi connectivity index (χ4n) is 7.63. The number of rotatable bonds is 81. The van der Waals surface area contributed by atoms with Crippen molar-refractivity contribution >= 4 is 16.9 Å². The zero-order chi connectivity index (χ0) is 66.6. The highest BCUT2D eigenvalue weighted by atomic mass is 32.3. The Kier molecular flexibility index (Phi) is 72.3. The van der Waals surface area contributed by atoms with Crippen LogP contribution in [0.4, 0.5) is 0 Å². The number of hydrogen-bond acceptors (Lipinski definition) is 27. The van der Waals surface area contributed by atoms with Crippen molar-refractivity contribution in [1.82, 2.24) is 0 Å². The van der Waals surface area contributed by atoms with Crippen LogP contribution in [0.1, 0.15) is 69.9 Å². The summed E-state index contributed by atoms with van der Waals surface area (Å²) in [6, 6.07) is 6.53. The quantitative estimate of drug-likeness (QED) is 0.0489. The summed E-state index contributed by atoms with van der Waals surface area (Å²) in [5.74, 6) is 5.43. The van der Waals surface area contributed by atoms with Gasteiger partial charge in [0.25, 0.3) is 0 Å². The van der Waals surface area contributed by atoms with Crippen molar-refractivity contribution in [2.24, 2.45) is 5.90 Å². The Morgan fingerprint density at radius 2 is 0.548 bits per heavy atom. The third-order valence-electron chi connectivity index (χ3n) is 12.4. The van der Waals surface area contributed by atoms with Crippen LogP contribution in [-0.4, -0.2) is 304 Å². The van der Waals surface area contributed by atoms with Crippen LogP contribution < -0.4 is 10.6 Å². The van der Waals surface area contributed by atoms with E-state index >= 15 is 0 Å². The smallest absolute Gasteiger partial charge is 0.491 e. The molecule has 0 bridgehead atoms. The fraction of sp³-hybridized carbons (Fsp3) is 0.875. The van der Waals surface area contributed by atoms with E-state index in [1.165, 1.54) is 50.5 Å². The van der Waals surface area contributed by atoms with E-state index in [-0.39, 0.29) is 19.8 Å². The van der Waals surface area contributed by atoms with Crippen molar-refractivity contribution in [3.63, 3.8) is 0 Å². The Balaban J connectivity index is 1.65. The minimum absolute atomic E-state index is 0.0528. The summed E-state index contributed by atoms with van der Waals surface area (Å²) >= 11 is 0. The topological polar surface area (TPSA) is 294 Å². The molecule has 2 N–H and O–H groups in total. The van der Waals surface area contributed by atoms with Gasteiger partial charge in [0.2, 0.25) is 0 Å². The molecule has 29 heteroatoms. The van der Waals surface area contributed by atoms with Crippen LogP contribution >= 0.6 is 0 Å². The lowest BCUT2D eigenvalue weighted by molar-refractivity contribution is -0.0318. The largest absolute Gasteiger partial charge is 0.564 e.